The van der Waals surface area contributed by atoms with Crippen LogP contribution in [0.25, 0.3) is 0 Å². The molecule has 2 aromatic carbocycles. The van der Waals surface area contributed by atoms with E-state index < -0.39 is 17.8 Å². The second-order valence-electron chi connectivity index (χ2n) is 5.36. The van der Waals surface area contributed by atoms with Gasteiger partial charge in [0.1, 0.15) is 11.6 Å². The van der Waals surface area contributed by atoms with Crippen LogP contribution in [-0.4, -0.2) is 31.0 Å². The Morgan fingerprint density at radius 3 is 2.50 bits per heavy atom. The SMILES string of the molecule is CC(Oc1ccc(Cl)cc1Cl)C(=O)NCCNC(=O)c1ccccc1F. The summed E-state index contributed by atoms with van der Waals surface area (Å²) in [5, 5.41) is 5.91. The highest BCUT2D eigenvalue weighted by Crippen LogP contribution is 2.28. The van der Waals surface area contributed by atoms with Crippen molar-refractivity contribution >= 4 is 35.0 Å². The van der Waals surface area contributed by atoms with Crippen molar-refractivity contribution in [2.24, 2.45) is 0 Å². The van der Waals surface area contributed by atoms with Crippen LogP contribution in [0.2, 0.25) is 10.0 Å². The van der Waals surface area contributed by atoms with E-state index in [1.54, 1.807) is 25.1 Å². The van der Waals surface area contributed by atoms with Crippen LogP contribution in [0.4, 0.5) is 4.39 Å². The summed E-state index contributed by atoms with van der Waals surface area (Å²) in [6.07, 6.45) is -0.795. The van der Waals surface area contributed by atoms with Gasteiger partial charge in [-0.05, 0) is 37.3 Å². The molecule has 0 fully saturated rings. The maximum absolute atomic E-state index is 13.5. The molecule has 0 aromatic heterocycles. The second-order valence-corrected chi connectivity index (χ2v) is 6.21. The first kappa shape index (κ1) is 20.0. The zero-order valence-electron chi connectivity index (χ0n) is 13.9. The molecule has 0 saturated heterocycles. The van der Waals surface area contributed by atoms with Gasteiger partial charge in [0, 0.05) is 18.1 Å². The molecule has 2 aromatic rings. The second kappa shape index (κ2) is 9.40. The third-order valence-corrected chi connectivity index (χ3v) is 3.93. The minimum atomic E-state index is -0.795. The van der Waals surface area contributed by atoms with E-state index in [9.17, 15) is 14.0 Å². The van der Waals surface area contributed by atoms with Crippen molar-refractivity contribution in [3.8, 4) is 5.75 Å². The monoisotopic (exact) mass is 398 g/mol. The van der Waals surface area contributed by atoms with Crippen LogP contribution in [0.5, 0.6) is 5.75 Å². The van der Waals surface area contributed by atoms with Crippen molar-refractivity contribution < 1.29 is 18.7 Å². The normalized spacial score (nSPS) is 11.5. The van der Waals surface area contributed by atoms with E-state index in [0.29, 0.717) is 15.8 Å². The fourth-order valence-corrected chi connectivity index (χ4v) is 2.51. The molecule has 26 heavy (non-hydrogen) atoms. The van der Waals surface area contributed by atoms with E-state index in [-0.39, 0.29) is 24.6 Å². The molecule has 0 spiro atoms. The smallest absolute Gasteiger partial charge is 0.260 e. The first-order valence-corrected chi connectivity index (χ1v) is 8.56. The number of carbonyl (C=O) groups excluding carboxylic acids is 2. The summed E-state index contributed by atoms with van der Waals surface area (Å²) in [7, 11) is 0. The van der Waals surface area contributed by atoms with Gasteiger partial charge in [-0.2, -0.15) is 0 Å². The van der Waals surface area contributed by atoms with Gasteiger partial charge in [-0.1, -0.05) is 35.3 Å². The highest BCUT2D eigenvalue weighted by molar-refractivity contribution is 6.35. The zero-order chi connectivity index (χ0) is 19.1. The van der Waals surface area contributed by atoms with Gasteiger partial charge >= 0.3 is 0 Å². The Bertz CT molecular complexity index is 802. The number of hydrogen-bond donors (Lipinski definition) is 2. The van der Waals surface area contributed by atoms with Crippen LogP contribution in [-0.2, 0) is 4.79 Å². The lowest BCUT2D eigenvalue weighted by atomic mass is 10.2. The third-order valence-electron chi connectivity index (χ3n) is 3.40. The average Bonchev–Trinajstić information content (AvgIpc) is 2.61. The molecule has 0 heterocycles. The highest BCUT2D eigenvalue weighted by Gasteiger charge is 2.16. The number of halogens is 3. The molecule has 5 nitrogen and oxygen atoms in total. The Balaban J connectivity index is 1.76. The predicted octanol–water partition coefficient (Wildman–Crippen LogP) is 3.45. The van der Waals surface area contributed by atoms with Crippen LogP contribution in [0.15, 0.2) is 42.5 Å². The molecule has 0 saturated carbocycles. The summed E-state index contributed by atoms with van der Waals surface area (Å²) in [4.78, 5) is 23.9. The predicted molar refractivity (Wildman–Crippen MR) is 98.3 cm³/mol. The van der Waals surface area contributed by atoms with Crippen molar-refractivity contribution in [1.82, 2.24) is 10.6 Å². The molecule has 1 atom stereocenters. The average molecular weight is 399 g/mol. The fraction of sp³-hybridized carbons (Fsp3) is 0.222. The summed E-state index contributed by atoms with van der Waals surface area (Å²) in [5.74, 6) is -1.19. The number of amides is 2. The molecular formula is C18H17Cl2FN2O3. The molecular weight excluding hydrogens is 382 g/mol. The van der Waals surface area contributed by atoms with E-state index >= 15 is 0 Å². The summed E-state index contributed by atoms with van der Waals surface area (Å²) in [5.41, 5.74) is -0.0482. The Labute approximate surface area is 160 Å². The number of benzene rings is 2. The van der Waals surface area contributed by atoms with E-state index in [4.69, 9.17) is 27.9 Å². The van der Waals surface area contributed by atoms with Crippen molar-refractivity contribution in [3.63, 3.8) is 0 Å². The molecule has 8 heteroatoms. The number of carbonyl (C=O) groups is 2. The van der Waals surface area contributed by atoms with Crippen LogP contribution in [0.3, 0.4) is 0 Å². The lowest BCUT2D eigenvalue weighted by Crippen LogP contribution is -2.40. The van der Waals surface area contributed by atoms with Gasteiger partial charge in [0.15, 0.2) is 6.10 Å². The fourth-order valence-electron chi connectivity index (χ4n) is 2.06. The highest BCUT2D eigenvalue weighted by atomic mass is 35.5. The van der Waals surface area contributed by atoms with Crippen molar-refractivity contribution in [2.75, 3.05) is 13.1 Å². The standard InChI is InChI=1S/C18H17Cl2FN2O3/c1-11(26-16-7-6-12(19)10-14(16)20)17(24)22-8-9-23-18(25)13-4-2-3-5-15(13)21/h2-7,10-11H,8-9H2,1H3,(H,22,24)(H,23,25). The lowest BCUT2D eigenvalue weighted by molar-refractivity contribution is -0.127. The quantitative estimate of drug-likeness (QED) is 0.701. The summed E-state index contributed by atoms with van der Waals surface area (Å²) >= 11 is 11.8. The first-order valence-electron chi connectivity index (χ1n) is 7.80. The molecule has 2 N–H and O–H groups in total. The van der Waals surface area contributed by atoms with Crippen molar-refractivity contribution in [2.45, 2.75) is 13.0 Å². The summed E-state index contributed by atoms with van der Waals surface area (Å²) < 4.78 is 19.0. The van der Waals surface area contributed by atoms with E-state index in [1.165, 1.54) is 24.3 Å². The molecule has 1 unspecified atom stereocenters. The Hall–Kier alpha value is -2.31. The summed E-state index contributed by atoms with van der Waals surface area (Å²) in [6, 6.07) is 10.4. The van der Waals surface area contributed by atoms with Gasteiger partial charge in [-0.15, -0.1) is 0 Å². The number of nitrogens with one attached hydrogen (secondary N) is 2. The Morgan fingerprint density at radius 1 is 1.12 bits per heavy atom. The number of ether oxygens (including phenoxy) is 1. The van der Waals surface area contributed by atoms with Crippen LogP contribution >= 0.6 is 23.2 Å². The van der Waals surface area contributed by atoms with E-state index in [0.717, 1.165) is 0 Å². The lowest BCUT2D eigenvalue weighted by Gasteiger charge is -2.16. The van der Waals surface area contributed by atoms with E-state index in [1.807, 2.05) is 0 Å². The maximum Gasteiger partial charge on any atom is 0.260 e. The molecule has 0 bridgehead atoms. The molecule has 0 radical (unpaired) electrons. The Kier molecular flexibility index (Phi) is 7.24. The van der Waals surface area contributed by atoms with Gasteiger partial charge in [-0.3, -0.25) is 9.59 Å². The van der Waals surface area contributed by atoms with Gasteiger partial charge in [0.2, 0.25) is 0 Å². The van der Waals surface area contributed by atoms with Gasteiger partial charge < -0.3 is 15.4 Å². The minimum absolute atomic E-state index is 0.0482. The summed E-state index contributed by atoms with van der Waals surface area (Å²) in [6.45, 7) is 1.88. The van der Waals surface area contributed by atoms with Gasteiger partial charge in [0.25, 0.3) is 11.8 Å². The molecule has 138 valence electrons. The Morgan fingerprint density at radius 2 is 1.81 bits per heavy atom. The zero-order valence-corrected chi connectivity index (χ0v) is 15.4. The van der Waals surface area contributed by atoms with E-state index in [2.05, 4.69) is 10.6 Å². The van der Waals surface area contributed by atoms with Crippen LogP contribution < -0.4 is 15.4 Å². The third kappa shape index (κ3) is 5.61. The molecule has 0 aliphatic carbocycles. The number of hydrogen-bond acceptors (Lipinski definition) is 3. The molecule has 2 rings (SSSR count). The molecule has 0 aliphatic rings. The largest absolute Gasteiger partial charge is 0.479 e. The topological polar surface area (TPSA) is 67.4 Å². The van der Waals surface area contributed by atoms with Crippen molar-refractivity contribution in [3.05, 3.63) is 63.9 Å². The first-order chi connectivity index (χ1) is 12.4. The maximum atomic E-state index is 13.5. The minimum Gasteiger partial charge on any atom is -0.479 e. The van der Waals surface area contributed by atoms with Gasteiger partial charge in [0.05, 0.1) is 10.6 Å². The molecule has 0 aliphatic heterocycles. The van der Waals surface area contributed by atoms with Gasteiger partial charge in [-0.25, -0.2) is 4.39 Å². The number of rotatable bonds is 7. The molecule has 2 amide bonds. The van der Waals surface area contributed by atoms with Crippen LogP contribution in [0, 0.1) is 5.82 Å². The van der Waals surface area contributed by atoms with Crippen LogP contribution in [0.1, 0.15) is 17.3 Å². The van der Waals surface area contributed by atoms with Crippen molar-refractivity contribution in [1.29, 1.82) is 0 Å².